The fraction of sp³-hybridized carbons (Fsp3) is 0.118. The van der Waals surface area contributed by atoms with E-state index in [0.29, 0.717) is 10.8 Å². The fourth-order valence-corrected chi connectivity index (χ4v) is 2.44. The van der Waals surface area contributed by atoms with Crippen LogP contribution in [0.15, 0.2) is 48.7 Å². The lowest BCUT2D eigenvalue weighted by atomic mass is 10.1. The number of benzene rings is 2. The van der Waals surface area contributed by atoms with Gasteiger partial charge in [0.1, 0.15) is 5.75 Å². The van der Waals surface area contributed by atoms with Gasteiger partial charge in [0.25, 0.3) is 0 Å². The number of hydrogen-bond donors (Lipinski definition) is 1. The zero-order valence-corrected chi connectivity index (χ0v) is 12.3. The van der Waals surface area contributed by atoms with Crippen molar-refractivity contribution in [1.82, 2.24) is 4.98 Å². The number of ether oxygens (including phenoxy) is 1. The smallest absolute Gasteiger partial charge is 0.315 e. The molecule has 0 saturated carbocycles. The van der Waals surface area contributed by atoms with E-state index in [2.05, 4.69) is 4.98 Å². The minimum absolute atomic E-state index is 0.203. The van der Waals surface area contributed by atoms with Crippen molar-refractivity contribution < 1.29 is 9.53 Å². The van der Waals surface area contributed by atoms with Gasteiger partial charge in [-0.3, -0.25) is 4.79 Å². The summed E-state index contributed by atoms with van der Waals surface area (Å²) in [6.07, 6.45) is 2.04. The van der Waals surface area contributed by atoms with Crippen molar-refractivity contribution in [3.63, 3.8) is 0 Å². The summed E-state index contributed by atoms with van der Waals surface area (Å²) in [4.78, 5) is 15.2. The van der Waals surface area contributed by atoms with Gasteiger partial charge in [0, 0.05) is 17.1 Å². The number of para-hydroxylation sites is 1. The lowest BCUT2D eigenvalue weighted by Gasteiger charge is -2.06. The predicted octanol–water partition coefficient (Wildman–Crippen LogP) is 4.28. The Morgan fingerprint density at radius 1 is 1.24 bits per heavy atom. The zero-order chi connectivity index (χ0) is 14.8. The zero-order valence-electron chi connectivity index (χ0n) is 11.5. The van der Waals surface area contributed by atoms with Crippen molar-refractivity contribution in [2.24, 2.45) is 0 Å². The molecule has 0 radical (unpaired) electrons. The second-order valence-electron chi connectivity index (χ2n) is 4.94. The number of H-pyrrole nitrogens is 1. The SMILES string of the molecule is Cc1ccc(Cl)c(OC(=O)Cc2c[nH]c3ccccc23)c1. The van der Waals surface area contributed by atoms with Crippen LogP contribution in [0.2, 0.25) is 5.02 Å². The van der Waals surface area contributed by atoms with Gasteiger partial charge in [-0.2, -0.15) is 0 Å². The number of hydrogen-bond acceptors (Lipinski definition) is 2. The highest BCUT2D eigenvalue weighted by atomic mass is 35.5. The number of rotatable bonds is 3. The molecule has 0 aliphatic heterocycles. The van der Waals surface area contributed by atoms with E-state index in [4.69, 9.17) is 16.3 Å². The number of esters is 1. The number of halogens is 1. The molecule has 106 valence electrons. The molecule has 4 heteroatoms. The van der Waals surface area contributed by atoms with Gasteiger partial charge in [0.2, 0.25) is 0 Å². The number of aryl methyl sites for hydroxylation is 1. The monoisotopic (exact) mass is 299 g/mol. The van der Waals surface area contributed by atoms with Gasteiger partial charge >= 0.3 is 5.97 Å². The Kier molecular flexibility index (Phi) is 3.67. The van der Waals surface area contributed by atoms with E-state index < -0.39 is 0 Å². The van der Waals surface area contributed by atoms with Crippen LogP contribution >= 0.6 is 11.6 Å². The first-order valence-electron chi connectivity index (χ1n) is 6.65. The van der Waals surface area contributed by atoms with Crippen molar-refractivity contribution in [3.05, 3.63) is 64.8 Å². The maximum atomic E-state index is 12.1. The second-order valence-corrected chi connectivity index (χ2v) is 5.35. The summed E-state index contributed by atoms with van der Waals surface area (Å²) < 4.78 is 5.36. The van der Waals surface area contributed by atoms with Crippen LogP contribution < -0.4 is 4.74 Å². The minimum atomic E-state index is -0.327. The average Bonchev–Trinajstić information content (AvgIpc) is 2.86. The van der Waals surface area contributed by atoms with E-state index in [0.717, 1.165) is 22.0 Å². The summed E-state index contributed by atoms with van der Waals surface area (Å²) in [6.45, 7) is 1.92. The van der Waals surface area contributed by atoms with Crippen LogP contribution in [-0.2, 0) is 11.2 Å². The number of aromatic amines is 1. The first-order valence-corrected chi connectivity index (χ1v) is 7.03. The van der Waals surface area contributed by atoms with Crippen molar-refractivity contribution >= 4 is 28.5 Å². The van der Waals surface area contributed by atoms with Crippen molar-refractivity contribution in [2.45, 2.75) is 13.3 Å². The van der Waals surface area contributed by atoms with E-state index in [1.54, 1.807) is 12.1 Å². The number of fused-ring (bicyclic) bond motifs is 1. The molecule has 0 spiro atoms. The van der Waals surface area contributed by atoms with Gasteiger partial charge < -0.3 is 9.72 Å². The topological polar surface area (TPSA) is 42.1 Å². The molecular weight excluding hydrogens is 286 g/mol. The van der Waals surface area contributed by atoms with E-state index in [1.807, 2.05) is 43.5 Å². The van der Waals surface area contributed by atoms with Gasteiger partial charge in [0.15, 0.2) is 0 Å². The van der Waals surface area contributed by atoms with E-state index >= 15 is 0 Å². The molecule has 0 atom stereocenters. The number of carbonyl (C=O) groups excluding carboxylic acids is 1. The highest BCUT2D eigenvalue weighted by molar-refractivity contribution is 6.32. The summed E-state index contributed by atoms with van der Waals surface area (Å²) in [6, 6.07) is 13.2. The summed E-state index contributed by atoms with van der Waals surface area (Å²) >= 11 is 6.03. The number of aromatic nitrogens is 1. The van der Waals surface area contributed by atoms with E-state index in [-0.39, 0.29) is 12.4 Å². The molecule has 0 unspecified atom stereocenters. The van der Waals surface area contributed by atoms with Crippen LogP contribution in [-0.4, -0.2) is 11.0 Å². The molecule has 0 amide bonds. The quantitative estimate of drug-likeness (QED) is 0.579. The van der Waals surface area contributed by atoms with Gasteiger partial charge in [0.05, 0.1) is 11.4 Å². The van der Waals surface area contributed by atoms with Gasteiger partial charge in [-0.25, -0.2) is 0 Å². The molecule has 0 aliphatic rings. The van der Waals surface area contributed by atoms with Gasteiger partial charge in [-0.15, -0.1) is 0 Å². The number of nitrogens with one attached hydrogen (secondary N) is 1. The summed E-state index contributed by atoms with van der Waals surface area (Å²) in [7, 11) is 0. The van der Waals surface area contributed by atoms with Crippen LogP contribution in [0.25, 0.3) is 10.9 Å². The summed E-state index contributed by atoms with van der Waals surface area (Å²) in [5.41, 5.74) is 2.92. The van der Waals surface area contributed by atoms with Gasteiger partial charge in [-0.05, 0) is 36.2 Å². The maximum absolute atomic E-state index is 12.1. The first-order chi connectivity index (χ1) is 10.1. The lowest BCUT2D eigenvalue weighted by molar-refractivity contribution is -0.133. The average molecular weight is 300 g/mol. The molecule has 3 rings (SSSR count). The van der Waals surface area contributed by atoms with E-state index in [9.17, 15) is 4.79 Å². The molecule has 0 aliphatic carbocycles. The first kappa shape index (κ1) is 13.7. The highest BCUT2D eigenvalue weighted by Crippen LogP contribution is 2.26. The molecule has 1 heterocycles. The van der Waals surface area contributed by atoms with Crippen LogP contribution in [0.3, 0.4) is 0 Å². The third-order valence-electron chi connectivity index (χ3n) is 3.32. The Morgan fingerprint density at radius 3 is 2.90 bits per heavy atom. The molecule has 0 saturated heterocycles. The second kappa shape index (κ2) is 5.62. The Balaban J connectivity index is 1.79. The Morgan fingerprint density at radius 2 is 2.05 bits per heavy atom. The van der Waals surface area contributed by atoms with Crippen molar-refractivity contribution in [2.75, 3.05) is 0 Å². The van der Waals surface area contributed by atoms with Crippen molar-refractivity contribution in [1.29, 1.82) is 0 Å². The molecule has 3 nitrogen and oxygen atoms in total. The number of carbonyl (C=O) groups is 1. The lowest BCUT2D eigenvalue weighted by Crippen LogP contribution is -2.11. The summed E-state index contributed by atoms with van der Waals surface area (Å²) in [5.74, 6) is 0.0776. The third kappa shape index (κ3) is 2.93. The van der Waals surface area contributed by atoms with Gasteiger partial charge in [-0.1, -0.05) is 35.9 Å². The van der Waals surface area contributed by atoms with Crippen LogP contribution in [0, 0.1) is 6.92 Å². The fourth-order valence-electron chi connectivity index (χ4n) is 2.28. The minimum Gasteiger partial charge on any atom is -0.425 e. The Bertz CT molecular complexity index is 807. The Labute approximate surface area is 127 Å². The van der Waals surface area contributed by atoms with Crippen LogP contribution in [0.5, 0.6) is 5.75 Å². The summed E-state index contributed by atoms with van der Waals surface area (Å²) in [5, 5.41) is 1.47. The van der Waals surface area contributed by atoms with Crippen molar-refractivity contribution in [3.8, 4) is 5.75 Å². The molecule has 2 aromatic carbocycles. The molecule has 1 N–H and O–H groups in total. The molecule has 21 heavy (non-hydrogen) atoms. The van der Waals surface area contributed by atoms with Crippen LogP contribution in [0.4, 0.5) is 0 Å². The van der Waals surface area contributed by atoms with E-state index in [1.165, 1.54) is 0 Å². The third-order valence-corrected chi connectivity index (χ3v) is 3.63. The molecular formula is C17H14ClNO2. The molecule has 1 aromatic heterocycles. The standard InChI is InChI=1S/C17H14ClNO2/c1-11-6-7-14(18)16(8-11)21-17(20)9-12-10-19-15-5-3-2-4-13(12)15/h2-8,10,19H,9H2,1H3. The highest BCUT2D eigenvalue weighted by Gasteiger charge is 2.12. The molecule has 3 aromatic rings. The normalized spacial score (nSPS) is 10.8. The van der Waals surface area contributed by atoms with Crippen LogP contribution in [0.1, 0.15) is 11.1 Å². The molecule has 0 fully saturated rings. The largest absolute Gasteiger partial charge is 0.425 e. The molecule has 0 bridgehead atoms. The Hall–Kier alpha value is -2.26. The maximum Gasteiger partial charge on any atom is 0.315 e. The predicted molar refractivity (Wildman–Crippen MR) is 83.8 cm³/mol.